The fourth-order valence-electron chi connectivity index (χ4n) is 1.80. The van der Waals surface area contributed by atoms with Crippen molar-refractivity contribution in [2.24, 2.45) is 0 Å². The molecule has 0 bridgehead atoms. The van der Waals surface area contributed by atoms with Gasteiger partial charge in [0, 0.05) is 18.1 Å². The van der Waals surface area contributed by atoms with Crippen LogP contribution in [0, 0.1) is 6.92 Å². The number of rotatable bonds is 4. The second kappa shape index (κ2) is 4.93. The number of H-pyrrole nitrogens is 1. The highest BCUT2D eigenvalue weighted by molar-refractivity contribution is 5.72. The third-order valence-electron chi connectivity index (χ3n) is 2.69. The van der Waals surface area contributed by atoms with Gasteiger partial charge in [-0.05, 0) is 19.1 Å². The zero-order valence-electron chi connectivity index (χ0n) is 10.4. The minimum atomic E-state index is 0.514. The Balaban J connectivity index is 1.85. The van der Waals surface area contributed by atoms with Crippen LogP contribution in [0.15, 0.2) is 41.2 Å². The van der Waals surface area contributed by atoms with Crippen molar-refractivity contribution in [2.45, 2.75) is 13.5 Å². The molecule has 0 unspecified atom stereocenters. The molecule has 0 spiro atoms. The molecule has 0 saturated carbocycles. The number of aromatic nitrogens is 4. The predicted octanol–water partition coefficient (Wildman–Crippen LogP) is 2.38. The molecular weight excluding hydrogens is 242 g/mol. The number of hydrogen-bond donors (Lipinski definition) is 2. The third-order valence-corrected chi connectivity index (χ3v) is 2.69. The van der Waals surface area contributed by atoms with Crippen LogP contribution in [0.3, 0.4) is 0 Å². The lowest BCUT2D eigenvalue weighted by atomic mass is 10.1. The quantitative estimate of drug-likeness (QED) is 0.748. The van der Waals surface area contributed by atoms with Crippen LogP contribution in [0.5, 0.6) is 0 Å². The largest absolute Gasteiger partial charge is 0.377 e. The molecular formula is C13H13N5O. The summed E-state index contributed by atoms with van der Waals surface area (Å²) in [7, 11) is 0. The van der Waals surface area contributed by atoms with E-state index in [4.69, 9.17) is 4.52 Å². The summed E-state index contributed by atoms with van der Waals surface area (Å²) in [6.07, 6.45) is 3.52. The molecule has 19 heavy (non-hydrogen) atoms. The van der Waals surface area contributed by atoms with Gasteiger partial charge in [-0.3, -0.25) is 0 Å². The molecule has 1 aromatic carbocycles. The lowest BCUT2D eigenvalue weighted by Gasteiger charge is -2.07. The Kier molecular flexibility index (Phi) is 2.97. The van der Waals surface area contributed by atoms with Crippen molar-refractivity contribution in [2.75, 3.05) is 5.32 Å². The Labute approximate surface area is 109 Å². The summed E-state index contributed by atoms with van der Waals surface area (Å²) in [4.78, 5) is 11.5. The summed E-state index contributed by atoms with van der Waals surface area (Å²) in [6.45, 7) is 2.41. The Hall–Kier alpha value is -2.63. The van der Waals surface area contributed by atoms with Gasteiger partial charge in [0.2, 0.25) is 0 Å². The number of nitrogens with one attached hydrogen (secondary N) is 2. The summed E-state index contributed by atoms with van der Waals surface area (Å²) in [5, 5.41) is 7.11. The molecule has 3 rings (SSSR count). The number of benzene rings is 1. The van der Waals surface area contributed by atoms with E-state index in [0.717, 1.165) is 17.1 Å². The second-order valence-corrected chi connectivity index (χ2v) is 4.08. The maximum Gasteiger partial charge on any atom is 0.260 e. The Bertz CT molecular complexity index is 659. The van der Waals surface area contributed by atoms with Crippen LogP contribution in [-0.4, -0.2) is 20.1 Å². The highest BCUT2D eigenvalue weighted by atomic mass is 16.5. The van der Waals surface area contributed by atoms with E-state index in [1.165, 1.54) is 0 Å². The molecule has 0 saturated heterocycles. The molecule has 0 aliphatic rings. The first-order valence-corrected chi connectivity index (χ1v) is 5.95. The standard InChI is InChI=1S/C13H13N5O/c1-9-17-13(19-18-9)10-4-2-3-5-11(10)16-8-12-14-6-7-15-12/h2-7,16H,8H2,1H3,(H,14,15). The van der Waals surface area contributed by atoms with E-state index in [1.807, 2.05) is 24.3 Å². The van der Waals surface area contributed by atoms with Gasteiger partial charge in [0.25, 0.3) is 5.89 Å². The number of aryl methyl sites for hydroxylation is 1. The first-order valence-electron chi connectivity index (χ1n) is 5.95. The van der Waals surface area contributed by atoms with Crippen molar-refractivity contribution in [1.82, 2.24) is 20.1 Å². The van der Waals surface area contributed by atoms with E-state index in [0.29, 0.717) is 18.3 Å². The molecule has 0 aliphatic carbocycles. The number of imidazole rings is 1. The summed E-state index contributed by atoms with van der Waals surface area (Å²) >= 11 is 0. The highest BCUT2D eigenvalue weighted by Crippen LogP contribution is 2.26. The number of aromatic amines is 1. The maximum atomic E-state index is 5.20. The molecule has 0 radical (unpaired) electrons. The Morgan fingerprint density at radius 1 is 1.32 bits per heavy atom. The second-order valence-electron chi connectivity index (χ2n) is 4.08. The summed E-state index contributed by atoms with van der Waals surface area (Å²) in [5.74, 6) is 2.01. The Morgan fingerprint density at radius 3 is 2.95 bits per heavy atom. The molecule has 2 aromatic heterocycles. The monoisotopic (exact) mass is 255 g/mol. The third kappa shape index (κ3) is 2.47. The van der Waals surface area contributed by atoms with Gasteiger partial charge in [-0.15, -0.1) is 0 Å². The van der Waals surface area contributed by atoms with Crippen molar-refractivity contribution in [3.8, 4) is 11.5 Å². The molecule has 0 atom stereocenters. The molecule has 0 amide bonds. The van der Waals surface area contributed by atoms with Crippen LogP contribution in [-0.2, 0) is 6.54 Å². The van der Waals surface area contributed by atoms with Crippen LogP contribution in [0.2, 0.25) is 0 Å². The number of anilines is 1. The lowest BCUT2D eigenvalue weighted by Crippen LogP contribution is -2.02. The van der Waals surface area contributed by atoms with Crippen molar-refractivity contribution in [3.05, 3.63) is 48.3 Å². The fourth-order valence-corrected chi connectivity index (χ4v) is 1.80. The van der Waals surface area contributed by atoms with Crippen molar-refractivity contribution < 1.29 is 4.52 Å². The highest BCUT2D eigenvalue weighted by Gasteiger charge is 2.10. The van der Waals surface area contributed by atoms with Gasteiger partial charge in [-0.2, -0.15) is 4.98 Å². The lowest BCUT2D eigenvalue weighted by molar-refractivity contribution is 0.426. The zero-order chi connectivity index (χ0) is 13.1. The van der Waals surface area contributed by atoms with Crippen molar-refractivity contribution in [1.29, 1.82) is 0 Å². The average molecular weight is 255 g/mol. The smallest absolute Gasteiger partial charge is 0.260 e. The molecule has 0 fully saturated rings. The van der Waals surface area contributed by atoms with Gasteiger partial charge in [0.15, 0.2) is 5.82 Å². The molecule has 2 N–H and O–H groups in total. The average Bonchev–Trinajstić information content (AvgIpc) is 3.08. The summed E-state index contributed by atoms with van der Waals surface area (Å²) < 4.78 is 5.20. The fraction of sp³-hybridized carbons (Fsp3) is 0.154. The summed E-state index contributed by atoms with van der Waals surface area (Å²) in [5.41, 5.74) is 1.82. The van der Waals surface area contributed by atoms with Gasteiger partial charge in [-0.25, -0.2) is 4.98 Å². The predicted molar refractivity (Wildman–Crippen MR) is 70.4 cm³/mol. The zero-order valence-corrected chi connectivity index (χ0v) is 10.4. The van der Waals surface area contributed by atoms with Crippen LogP contribution >= 0.6 is 0 Å². The molecule has 96 valence electrons. The minimum absolute atomic E-state index is 0.514. The first-order chi connectivity index (χ1) is 9.33. The normalized spacial score (nSPS) is 10.6. The van der Waals surface area contributed by atoms with E-state index in [2.05, 4.69) is 25.4 Å². The van der Waals surface area contributed by atoms with E-state index in [-0.39, 0.29) is 0 Å². The first kappa shape index (κ1) is 11.5. The van der Waals surface area contributed by atoms with Crippen LogP contribution in [0.4, 0.5) is 5.69 Å². The van der Waals surface area contributed by atoms with Crippen molar-refractivity contribution in [3.63, 3.8) is 0 Å². The topological polar surface area (TPSA) is 79.6 Å². The number of para-hydroxylation sites is 1. The number of nitrogens with zero attached hydrogens (tertiary/aromatic N) is 3. The van der Waals surface area contributed by atoms with Crippen LogP contribution in [0.1, 0.15) is 11.6 Å². The SMILES string of the molecule is Cc1noc(-c2ccccc2NCc2ncc[nH]2)n1. The van der Waals surface area contributed by atoms with E-state index in [9.17, 15) is 0 Å². The maximum absolute atomic E-state index is 5.20. The van der Waals surface area contributed by atoms with Gasteiger partial charge in [0.1, 0.15) is 5.82 Å². The number of hydrogen-bond acceptors (Lipinski definition) is 5. The molecule has 6 nitrogen and oxygen atoms in total. The molecule has 6 heteroatoms. The molecule has 3 aromatic rings. The van der Waals surface area contributed by atoms with E-state index >= 15 is 0 Å². The van der Waals surface area contributed by atoms with Gasteiger partial charge >= 0.3 is 0 Å². The van der Waals surface area contributed by atoms with E-state index < -0.39 is 0 Å². The van der Waals surface area contributed by atoms with Gasteiger partial charge in [-0.1, -0.05) is 17.3 Å². The van der Waals surface area contributed by atoms with Crippen LogP contribution < -0.4 is 5.32 Å². The molecule has 0 aliphatic heterocycles. The van der Waals surface area contributed by atoms with Crippen LogP contribution in [0.25, 0.3) is 11.5 Å². The van der Waals surface area contributed by atoms with Gasteiger partial charge < -0.3 is 14.8 Å². The minimum Gasteiger partial charge on any atom is -0.377 e. The Morgan fingerprint density at radius 2 is 2.21 bits per heavy atom. The van der Waals surface area contributed by atoms with Gasteiger partial charge in [0.05, 0.1) is 12.1 Å². The van der Waals surface area contributed by atoms with Crippen molar-refractivity contribution >= 4 is 5.69 Å². The van der Waals surface area contributed by atoms with E-state index in [1.54, 1.807) is 19.3 Å². The summed E-state index contributed by atoms with van der Waals surface area (Å²) in [6, 6.07) is 7.80. The molecule has 2 heterocycles.